The fraction of sp³-hybridized carbons (Fsp3) is 0.300. The van der Waals surface area contributed by atoms with Crippen LogP contribution >= 0.6 is 0 Å². The number of carbonyl (C=O) groups excluding carboxylic acids is 2. The van der Waals surface area contributed by atoms with E-state index in [-0.39, 0.29) is 24.1 Å². The molecule has 3 N–H and O–H groups in total. The molecule has 0 radical (unpaired) electrons. The molecule has 0 atom stereocenters. The second-order valence-corrected chi connectivity index (χ2v) is 6.72. The number of benzene rings is 2. The zero-order chi connectivity index (χ0) is 20.3. The van der Waals surface area contributed by atoms with E-state index in [1.54, 1.807) is 18.2 Å². The number of hydrogen-bond donors (Lipinski definition) is 3. The van der Waals surface area contributed by atoms with Crippen LogP contribution in [-0.4, -0.2) is 18.4 Å². The zero-order valence-corrected chi connectivity index (χ0v) is 15.2. The second-order valence-electron chi connectivity index (χ2n) is 6.72. The van der Waals surface area contributed by atoms with E-state index in [2.05, 4.69) is 16.0 Å². The second kappa shape index (κ2) is 7.92. The molecule has 1 aliphatic rings. The Hall–Kier alpha value is -3.03. The lowest BCUT2D eigenvalue weighted by molar-refractivity contribution is -0.137. The molecule has 0 saturated heterocycles. The number of halogens is 3. The van der Waals surface area contributed by atoms with Crippen molar-refractivity contribution in [3.8, 4) is 0 Å². The van der Waals surface area contributed by atoms with Gasteiger partial charge in [-0.2, -0.15) is 13.2 Å². The van der Waals surface area contributed by atoms with Crippen LogP contribution in [0.4, 0.5) is 30.2 Å². The third-order valence-electron chi connectivity index (χ3n) is 4.45. The minimum Gasteiger partial charge on any atom is -0.376 e. The Morgan fingerprint density at radius 3 is 2.39 bits per heavy atom. The van der Waals surface area contributed by atoms with Crippen molar-refractivity contribution in [2.75, 3.05) is 22.5 Å². The van der Waals surface area contributed by atoms with Crippen molar-refractivity contribution in [3.63, 3.8) is 0 Å². The third kappa shape index (κ3) is 5.03. The number of rotatable bonds is 6. The Morgan fingerprint density at radius 1 is 1.04 bits per heavy atom. The number of hydrogen-bond acceptors (Lipinski definition) is 3. The van der Waals surface area contributed by atoms with Crippen LogP contribution in [0.3, 0.4) is 0 Å². The first-order valence-corrected chi connectivity index (χ1v) is 8.85. The molecular weight excluding hydrogens is 371 g/mol. The molecule has 3 rings (SSSR count). The minimum atomic E-state index is -4.47. The zero-order valence-electron chi connectivity index (χ0n) is 15.2. The maximum absolute atomic E-state index is 12.7. The molecule has 8 heteroatoms. The summed E-state index contributed by atoms with van der Waals surface area (Å²) in [6, 6.07) is 9.76. The van der Waals surface area contributed by atoms with Crippen LogP contribution in [0.5, 0.6) is 0 Å². The summed E-state index contributed by atoms with van der Waals surface area (Å²) in [7, 11) is 0. The molecule has 1 saturated carbocycles. The van der Waals surface area contributed by atoms with Crippen LogP contribution in [0.2, 0.25) is 0 Å². The fourth-order valence-electron chi connectivity index (χ4n) is 2.70. The summed E-state index contributed by atoms with van der Waals surface area (Å²) in [6.45, 7) is 1.69. The number of carbonyl (C=O) groups is 2. The Bertz CT molecular complexity index is 893. The van der Waals surface area contributed by atoms with Crippen molar-refractivity contribution in [2.45, 2.75) is 25.9 Å². The first-order chi connectivity index (χ1) is 13.2. The lowest BCUT2D eigenvalue weighted by atomic mass is 10.1. The molecule has 0 spiro atoms. The van der Waals surface area contributed by atoms with Gasteiger partial charge < -0.3 is 16.0 Å². The van der Waals surface area contributed by atoms with Crippen molar-refractivity contribution in [3.05, 3.63) is 53.6 Å². The van der Waals surface area contributed by atoms with Gasteiger partial charge in [0.2, 0.25) is 11.8 Å². The first kappa shape index (κ1) is 19.7. The highest BCUT2D eigenvalue weighted by Crippen LogP contribution is 2.32. The van der Waals surface area contributed by atoms with Crippen LogP contribution in [0.1, 0.15) is 24.0 Å². The molecule has 0 heterocycles. The van der Waals surface area contributed by atoms with Gasteiger partial charge >= 0.3 is 6.18 Å². The molecule has 1 fully saturated rings. The molecule has 28 heavy (non-hydrogen) atoms. The van der Waals surface area contributed by atoms with Gasteiger partial charge in [0.05, 0.1) is 12.1 Å². The van der Waals surface area contributed by atoms with Gasteiger partial charge in [0.15, 0.2) is 0 Å². The summed E-state index contributed by atoms with van der Waals surface area (Å²) in [5.74, 6) is -0.414. The summed E-state index contributed by atoms with van der Waals surface area (Å²) in [5, 5.41) is 8.27. The smallest absolute Gasteiger partial charge is 0.376 e. The monoisotopic (exact) mass is 391 g/mol. The Labute approximate surface area is 160 Å². The lowest BCUT2D eigenvalue weighted by Gasteiger charge is -2.14. The topological polar surface area (TPSA) is 70.2 Å². The fourth-order valence-corrected chi connectivity index (χ4v) is 2.70. The van der Waals surface area contributed by atoms with E-state index >= 15 is 0 Å². The standard InChI is InChI=1S/C20H20F3N3O2/c1-12-16(6-3-7-17(12)26-19(28)13-8-9-13)24-11-18(27)25-15-5-2-4-14(10-15)20(21,22)23/h2-7,10,13,24H,8-9,11H2,1H3,(H,25,27)(H,26,28). The van der Waals surface area contributed by atoms with Gasteiger partial charge in [-0.3, -0.25) is 9.59 Å². The van der Waals surface area contributed by atoms with E-state index in [1.807, 2.05) is 6.92 Å². The molecule has 2 amide bonds. The molecule has 0 bridgehead atoms. The van der Waals surface area contributed by atoms with Crippen LogP contribution in [-0.2, 0) is 15.8 Å². The van der Waals surface area contributed by atoms with Crippen molar-refractivity contribution in [1.82, 2.24) is 0 Å². The highest BCUT2D eigenvalue weighted by atomic mass is 19.4. The molecule has 2 aromatic rings. The van der Waals surface area contributed by atoms with E-state index < -0.39 is 17.6 Å². The van der Waals surface area contributed by atoms with Gasteiger partial charge in [0.25, 0.3) is 0 Å². The summed E-state index contributed by atoms with van der Waals surface area (Å²) in [6.07, 6.45) is -2.67. The maximum atomic E-state index is 12.7. The van der Waals surface area contributed by atoms with Crippen molar-refractivity contribution in [1.29, 1.82) is 0 Å². The van der Waals surface area contributed by atoms with E-state index in [9.17, 15) is 22.8 Å². The van der Waals surface area contributed by atoms with E-state index in [1.165, 1.54) is 12.1 Å². The quantitative estimate of drug-likeness (QED) is 0.683. The highest BCUT2D eigenvalue weighted by molar-refractivity contribution is 5.96. The molecule has 148 valence electrons. The molecule has 0 unspecified atom stereocenters. The van der Waals surface area contributed by atoms with Gasteiger partial charge in [0.1, 0.15) is 0 Å². The Balaban J connectivity index is 1.59. The van der Waals surface area contributed by atoms with Crippen LogP contribution in [0, 0.1) is 12.8 Å². The number of nitrogens with one attached hydrogen (secondary N) is 3. The van der Waals surface area contributed by atoms with Crippen LogP contribution in [0.15, 0.2) is 42.5 Å². The molecular formula is C20H20F3N3O2. The summed E-state index contributed by atoms with van der Waals surface area (Å²) in [4.78, 5) is 24.0. The maximum Gasteiger partial charge on any atom is 0.416 e. The van der Waals surface area contributed by atoms with Crippen LogP contribution in [0.25, 0.3) is 0 Å². The van der Waals surface area contributed by atoms with Crippen molar-refractivity contribution < 1.29 is 22.8 Å². The van der Waals surface area contributed by atoms with E-state index in [0.29, 0.717) is 11.4 Å². The summed E-state index contributed by atoms with van der Waals surface area (Å²) < 4.78 is 38.2. The molecule has 2 aromatic carbocycles. The van der Waals surface area contributed by atoms with Crippen molar-refractivity contribution >= 4 is 28.9 Å². The number of anilines is 3. The average molecular weight is 391 g/mol. The van der Waals surface area contributed by atoms with Gasteiger partial charge in [-0.25, -0.2) is 0 Å². The van der Waals surface area contributed by atoms with Gasteiger partial charge in [-0.1, -0.05) is 12.1 Å². The van der Waals surface area contributed by atoms with E-state index in [4.69, 9.17) is 0 Å². The molecule has 1 aliphatic carbocycles. The lowest BCUT2D eigenvalue weighted by Crippen LogP contribution is -2.22. The average Bonchev–Trinajstić information content (AvgIpc) is 3.47. The molecule has 0 aromatic heterocycles. The van der Waals surface area contributed by atoms with Crippen LogP contribution < -0.4 is 16.0 Å². The van der Waals surface area contributed by atoms with Gasteiger partial charge in [-0.05, 0) is 55.7 Å². The largest absolute Gasteiger partial charge is 0.416 e. The molecule has 0 aliphatic heterocycles. The van der Waals surface area contributed by atoms with Crippen molar-refractivity contribution in [2.24, 2.45) is 5.92 Å². The SMILES string of the molecule is Cc1c(NCC(=O)Nc2cccc(C(F)(F)F)c2)cccc1NC(=O)C1CC1. The Morgan fingerprint density at radius 2 is 1.71 bits per heavy atom. The third-order valence-corrected chi connectivity index (χ3v) is 4.45. The highest BCUT2D eigenvalue weighted by Gasteiger charge is 2.31. The predicted octanol–water partition coefficient (Wildman–Crippen LogP) is 4.41. The van der Waals surface area contributed by atoms with Gasteiger partial charge in [-0.15, -0.1) is 0 Å². The van der Waals surface area contributed by atoms with Gasteiger partial charge in [0, 0.05) is 23.0 Å². The summed E-state index contributed by atoms with van der Waals surface area (Å²) >= 11 is 0. The number of amides is 2. The predicted molar refractivity (Wildman–Crippen MR) is 101 cm³/mol. The minimum absolute atomic E-state index is 0.0115. The Kier molecular flexibility index (Phi) is 5.58. The molecule has 5 nitrogen and oxygen atoms in total. The number of alkyl halides is 3. The normalized spacial score (nSPS) is 13.7. The summed E-state index contributed by atoms with van der Waals surface area (Å²) in [5.41, 5.74) is 1.35. The first-order valence-electron chi connectivity index (χ1n) is 8.85. The van der Waals surface area contributed by atoms with E-state index in [0.717, 1.165) is 30.5 Å².